The van der Waals surface area contributed by atoms with Gasteiger partial charge in [0.15, 0.2) is 5.65 Å². The van der Waals surface area contributed by atoms with Crippen LogP contribution in [0.3, 0.4) is 0 Å². The molecular formula is C23H21N5O3. The molecule has 4 aromatic rings. The standard InChI is InChI=1S/C23H21N5O3/c1-13(2)28-21-19(12-25-28)22(30)27(3)23(26-21)31-18-6-7-20(24-11-18)15-5-4-14-9-17(29)10-16(14)8-15/h4-8,11-13H,9-10H2,1-3H3. The number of pyridine rings is 1. The molecule has 1 aliphatic carbocycles. The number of benzene rings is 1. The lowest BCUT2D eigenvalue weighted by Gasteiger charge is -2.11. The lowest BCUT2D eigenvalue weighted by Crippen LogP contribution is -2.20. The van der Waals surface area contributed by atoms with Crippen molar-refractivity contribution >= 4 is 16.8 Å². The number of ketones is 1. The molecule has 8 nitrogen and oxygen atoms in total. The average molecular weight is 415 g/mol. The zero-order valence-electron chi connectivity index (χ0n) is 17.5. The summed E-state index contributed by atoms with van der Waals surface area (Å²) in [7, 11) is 1.62. The molecular weight excluding hydrogens is 394 g/mol. The number of carbonyl (C=O) groups is 1. The number of ether oxygens (including phenoxy) is 1. The predicted molar refractivity (Wildman–Crippen MR) is 115 cm³/mol. The smallest absolute Gasteiger partial charge is 0.306 e. The van der Waals surface area contributed by atoms with Crippen molar-refractivity contribution in [2.75, 3.05) is 0 Å². The van der Waals surface area contributed by atoms with Crippen LogP contribution in [0.4, 0.5) is 0 Å². The zero-order valence-corrected chi connectivity index (χ0v) is 17.5. The van der Waals surface area contributed by atoms with E-state index in [1.807, 2.05) is 38.1 Å². The second-order valence-electron chi connectivity index (χ2n) is 8.04. The van der Waals surface area contributed by atoms with Gasteiger partial charge in [-0.05, 0) is 43.2 Å². The molecule has 0 N–H and O–H groups in total. The van der Waals surface area contributed by atoms with Crippen LogP contribution in [0.25, 0.3) is 22.3 Å². The summed E-state index contributed by atoms with van der Waals surface area (Å²) in [5.74, 6) is 0.718. The molecule has 0 saturated heterocycles. The second-order valence-corrected chi connectivity index (χ2v) is 8.04. The van der Waals surface area contributed by atoms with E-state index in [0.29, 0.717) is 29.6 Å². The first-order valence-corrected chi connectivity index (χ1v) is 10.1. The van der Waals surface area contributed by atoms with Crippen molar-refractivity contribution in [1.29, 1.82) is 0 Å². The van der Waals surface area contributed by atoms with Crippen LogP contribution >= 0.6 is 0 Å². The molecule has 0 radical (unpaired) electrons. The molecule has 31 heavy (non-hydrogen) atoms. The first-order valence-electron chi connectivity index (χ1n) is 10.1. The Hall–Kier alpha value is -3.81. The Bertz CT molecular complexity index is 1380. The van der Waals surface area contributed by atoms with Crippen LogP contribution in [0, 0.1) is 0 Å². The minimum absolute atomic E-state index is 0.0634. The molecule has 3 aromatic heterocycles. The van der Waals surface area contributed by atoms with Crippen molar-refractivity contribution in [1.82, 2.24) is 24.3 Å². The van der Waals surface area contributed by atoms with Gasteiger partial charge < -0.3 is 4.74 Å². The maximum Gasteiger partial charge on any atom is 0.306 e. The van der Waals surface area contributed by atoms with E-state index in [0.717, 1.165) is 22.4 Å². The Morgan fingerprint density at radius 2 is 1.84 bits per heavy atom. The summed E-state index contributed by atoms with van der Waals surface area (Å²) in [6.07, 6.45) is 4.14. The van der Waals surface area contributed by atoms with E-state index in [1.165, 1.54) is 10.8 Å². The average Bonchev–Trinajstić information content (AvgIpc) is 3.34. The number of hydrogen-bond donors (Lipinski definition) is 0. The van der Waals surface area contributed by atoms with Crippen LogP contribution in [0.5, 0.6) is 11.8 Å². The molecule has 156 valence electrons. The van der Waals surface area contributed by atoms with Crippen molar-refractivity contribution < 1.29 is 9.53 Å². The third-order valence-corrected chi connectivity index (χ3v) is 5.50. The fourth-order valence-electron chi connectivity index (χ4n) is 3.85. The maximum absolute atomic E-state index is 12.7. The van der Waals surface area contributed by atoms with E-state index >= 15 is 0 Å². The molecule has 0 saturated carbocycles. The van der Waals surface area contributed by atoms with Crippen LogP contribution in [-0.4, -0.2) is 30.1 Å². The molecule has 5 rings (SSSR count). The number of hydrogen-bond acceptors (Lipinski definition) is 6. The highest BCUT2D eigenvalue weighted by atomic mass is 16.5. The van der Waals surface area contributed by atoms with Gasteiger partial charge in [-0.2, -0.15) is 10.1 Å². The Kier molecular flexibility index (Phi) is 4.43. The largest absolute Gasteiger partial charge is 0.424 e. The van der Waals surface area contributed by atoms with Gasteiger partial charge in [0.05, 0.1) is 18.1 Å². The van der Waals surface area contributed by atoms with Gasteiger partial charge in [0.1, 0.15) is 16.9 Å². The van der Waals surface area contributed by atoms with Gasteiger partial charge in [-0.15, -0.1) is 0 Å². The normalized spacial score (nSPS) is 13.2. The highest BCUT2D eigenvalue weighted by Crippen LogP contribution is 2.27. The lowest BCUT2D eigenvalue weighted by atomic mass is 10.0. The van der Waals surface area contributed by atoms with Crippen LogP contribution in [0.15, 0.2) is 47.5 Å². The molecule has 0 unspecified atom stereocenters. The lowest BCUT2D eigenvalue weighted by molar-refractivity contribution is -0.117. The SMILES string of the molecule is CC(C)n1ncc2c(=O)n(C)c(Oc3ccc(-c4ccc5c(c4)CC(=O)C5)nc3)nc21. The van der Waals surface area contributed by atoms with E-state index < -0.39 is 0 Å². The van der Waals surface area contributed by atoms with E-state index in [-0.39, 0.29) is 23.4 Å². The summed E-state index contributed by atoms with van der Waals surface area (Å²) >= 11 is 0. The minimum atomic E-state index is -0.218. The van der Waals surface area contributed by atoms with Crippen LogP contribution in [0.1, 0.15) is 31.0 Å². The number of carbonyl (C=O) groups excluding carboxylic acids is 1. The van der Waals surface area contributed by atoms with E-state index in [1.54, 1.807) is 24.0 Å². The van der Waals surface area contributed by atoms with Crippen LogP contribution < -0.4 is 10.3 Å². The summed E-state index contributed by atoms with van der Waals surface area (Å²) in [5.41, 5.74) is 4.17. The molecule has 0 amide bonds. The van der Waals surface area contributed by atoms with Crippen molar-refractivity contribution in [3.63, 3.8) is 0 Å². The quantitative estimate of drug-likeness (QED) is 0.508. The fourth-order valence-corrected chi connectivity index (χ4v) is 3.85. The summed E-state index contributed by atoms with van der Waals surface area (Å²) < 4.78 is 8.94. The first kappa shape index (κ1) is 19.2. The van der Waals surface area contributed by atoms with E-state index in [2.05, 4.69) is 15.1 Å². The number of nitrogens with zero attached hydrogens (tertiary/aromatic N) is 5. The summed E-state index contributed by atoms with van der Waals surface area (Å²) in [4.78, 5) is 33.4. The minimum Gasteiger partial charge on any atom is -0.424 e. The van der Waals surface area contributed by atoms with Gasteiger partial charge in [0.2, 0.25) is 0 Å². The molecule has 0 spiro atoms. The Morgan fingerprint density at radius 3 is 2.58 bits per heavy atom. The van der Waals surface area contributed by atoms with E-state index in [4.69, 9.17) is 4.74 Å². The molecule has 1 aliphatic rings. The highest BCUT2D eigenvalue weighted by molar-refractivity contribution is 5.88. The second kappa shape index (κ2) is 7.16. The van der Waals surface area contributed by atoms with Crippen LogP contribution in [-0.2, 0) is 24.7 Å². The Morgan fingerprint density at radius 1 is 1.03 bits per heavy atom. The number of Topliss-reactive ketones (excluding diaryl/α,β-unsaturated/α-hetero) is 1. The van der Waals surface area contributed by atoms with Crippen LogP contribution in [0.2, 0.25) is 0 Å². The third-order valence-electron chi connectivity index (χ3n) is 5.50. The van der Waals surface area contributed by atoms with Crippen molar-refractivity contribution in [3.05, 3.63) is 64.2 Å². The molecule has 0 aliphatic heterocycles. The van der Waals surface area contributed by atoms with Crippen molar-refractivity contribution in [2.24, 2.45) is 7.05 Å². The summed E-state index contributed by atoms with van der Waals surface area (Å²) in [6, 6.07) is 9.87. The fraction of sp³-hybridized carbons (Fsp3) is 0.261. The molecule has 3 heterocycles. The molecule has 0 fully saturated rings. The maximum atomic E-state index is 12.7. The van der Waals surface area contributed by atoms with Gasteiger partial charge in [-0.1, -0.05) is 12.1 Å². The Labute approximate surface area is 178 Å². The van der Waals surface area contributed by atoms with Gasteiger partial charge >= 0.3 is 6.01 Å². The highest BCUT2D eigenvalue weighted by Gasteiger charge is 2.19. The summed E-state index contributed by atoms with van der Waals surface area (Å²) in [5, 5.41) is 4.72. The predicted octanol–water partition coefficient (Wildman–Crippen LogP) is 3.23. The van der Waals surface area contributed by atoms with E-state index in [9.17, 15) is 9.59 Å². The van der Waals surface area contributed by atoms with Crippen molar-refractivity contribution in [2.45, 2.75) is 32.7 Å². The number of rotatable bonds is 4. The molecule has 0 atom stereocenters. The van der Waals surface area contributed by atoms with Crippen molar-refractivity contribution in [3.8, 4) is 23.0 Å². The topological polar surface area (TPSA) is 91.9 Å². The first-order chi connectivity index (χ1) is 14.9. The molecule has 0 bridgehead atoms. The monoisotopic (exact) mass is 415 g/mol. The Balaban J connectivity index is 1.45. The molecule has 1 aromatic carbocycles. The zero-order chi connectivity index (χ0) is 21.7. The molecule has 8 heteroatoms. The number of aromatic nitrogens is 5. The summed E-state index contributed by atoms with van der Waals surface area (Å²) in [6.45, 7) is 3.95. The van der Waals surface area contributed by atoms with Gasteiger partial charge in [-0.25, -0.2) is 4.68 Å². The third kappa shape index (κ3) is 3.30. The number of fused-ring (bicyclic) bond motifs is 2. The van der Waals surface area contributed by atoms with Gasteiger partial charge in [-0.3, -0.25) is 19.1 Å². The van der Waals surface area contributed by atoms with Gasteiger partial charge in [0, 0.05) is 31.5 Å². The van der Waals surface area contributed by atoms with Gasteiger partial charge in [0.25, 0.3) is 5.56 Å².